The van der Waals surface area contributed by atoms with Crippen molar-refractivity contribution in [2.45, 2.75) is 25.9 Å². The van der Waals surface area contributed by atoms with E-state index in [0.29, 0.717) is 37.6 Å². The average molecular weight is 298 g/mol. The van der Waals surface area contributed by atoms with E-state index in [1.165, 1.54) is 0 Å². The predicted octanol–water partition coefficient (Wildman–Crippen LogP) is 0.454. The highest BCUT2D eigenvalue weighted by Gasteiger charge is 2.24. The summed E-state index contributed by atoms with van der Waals surface area (Å²) >= 11 is 0. The number of carboxylic acid groups (broad SMARTS) is 1. The summed E-state index contributed by atoms with van der Waals surface area (Å²) in [5.74, 6) is -0.202. The molecule has 2 heterocycles. The van der Waals surface area contributed by atoms with Crippen LogP contribution >= 0.6 is 0 Å². The summed E-state index contributed by atoms with van der Waals surface area (Å²) in [4.78, 5) is 24.0. The SMILES string of the molecule is Cc1cc(OCC(=O)N2CCC(OCC(=O)O)CC2)no1. The minimum Gasteiger partial charge on any atom is -0.480 e. The Morgan fingerprint density at radius 3 is 2.71 bits per heavy atom. The lowest BCUT2D eigenvalue weighted by Gasteiger charge is -2.31. The van der Waals surface area contributed by atoms with Crippen LogP contribution in [0.25, 0.3) is 0 Å². The molecule has 0 radical (unpaired) electrons. The van der Waals surface area contributed by atoms with Gasteiger partial charge in [-0.1, -0.05) is 0 Å². The Kier molecular flexibility index (Phi) is 5.15. The van der Waals surface area contributed by atoms with Crippen molar-refractivity contribution < 1.29 is 28.7 Å². The van der Waals surface area contributed by atoms with Crippen LogP contribution in [0.3, 0.4) is 0 Å². The molecule has 0 aliphatic carbocycles. The minimum absolute atomic E-state index is 0.0907. The van der Waals surface area contributed by atoms with Gasteiger partial charge in [0.1, 0.15) is 12.4 Å². The number of carbonyl (C=O) groups excluding carboxylic acids is 1. The number of likely N-dealkylation sites (tertiary alicyclic amines) is 1. The number of aliphatic carboxylic acids is 1. The van der Waals surface area contributed by atoms with Crippen LogP contribution in [0.1, 0.15) is 18.6 Å². The number of rotatable bonds is 6. The third-order valence-corrected chi connectivity index (χ3v) is 3.19. The van der Waals surface area contributed by atoms with E-state index in [1.807, 2.05) is 0 Å². The topological polar surface area (TPSA) is 102 Å². The molecule has 1 saturated heterocycles. The maximum absolute atomic E-state index is 12.0. The van der Waals surface area contributed by atoms with Crippen molar-refractivity contribution in [1.29, 1.82) is 0 Å². The number of amides is 1. The van der Waals surface area contributed by atoms with Gasteiger partial charge in [0.15, 0.2) is 6.61 Å². The lowest BCUT2D eigenvalue weighted by molar-refractivity contribution is -0.147. The predicted molar refractivity (Wildman–Crippen MR) is 69.9 cm³/mol. The third-order valence-electron chi connectivity index (χ3n) is 3.19. The number of hydrogen-bond acceptors (Lipinski definition) is 6. The summed E-state index contributed by atoms with van der Waals surface area (Å²) < 4.78 is 15.3. The van der Waals surface area contributed by atoms with Crippen LogP contribution < -0.4 is 4.74 Å². The van der Waals surface area contributed by atoms with Crippen molar-refractivity contribution in [2.24, 2.45) is 0 Å². The Morgan fingerprint density at radius 1 is 1.43 bits per heavy atom. The van der Waals surface area contributed by atoms with Crippen LogP contribution in [0.5, 0.6) is 5.88 Å². The molecule has 2 rings (SSSR count). The summed E-state index contributed by atoms with van der Waals surface area (Å²) in [7, 11) is 0. The summed E-state index contributed by atoms with van der Waals surface area (Å²) in [6.07, 6.45) is 1.15. The number of hydrogen-bond donors (Lipinski definition) is 1. The zero-order valence-corrected chi connectivity index (χ0v) is 11.8. The number of aryl methyl sites for hydroxylation is 1. The van der Waals surface area contributed by atoms with Gasteiger partial charge in [0.25, 0.3) is 11.8 Å². The van der Waals surface area contributed by atoms with Gasteiger partial charge in [-0.2, -0.15) is 0 Å². The average Bonchev–Trinajstić information content (AvgIpc) is 2.89. The van der Waals surface area contributed by atoms with Gasteiger partial charge in [-0.25, -0.2) is 4.79 Å². The molecule has 0 saturated carbocycles. The fourth-order valence-electron chi connectivity index (χ4n) is 2.10. The molecular formula is C13H18N2O6. The number of aromatic nitrogens is 1. The number of piperidine rings is 1. The fourth-order valence-corrected chi connectivity index (χ4v) is 2.10. The van der Waals surface area contributed by atoms with Crippen molar-refractivity contribution in [3.05, 3.63) is 11.8 Å². The Hall–Kier alpha value is -2.09. The van der Waals surface area contributed by atoms with Crippen molar-refractivity contribution >= 4 is 11.9 Å². The van der Waals surface area contributed by atoms with E-state index in [1.54, 1.807) is 17.9 Å². The molecule has 0 aromatic carbocycles. The molecule has 0 spiro atoms. The number of carboxylic acids is 1. The molecule has 1 amide bonds. The molecule has 1 aliphatic heterocycles. The maximum atomic E-state index is 12.0. The van der Waals surface area contributed by atoms with Crippen LogP contribution in [0.4, 0.5) is 0 Å². The van der Waals surface area contributed by atoms with Gasteiger partial charge in [-0.05, 0) is 24.9 Å². The fraction of sp³-hybridized carbons (Fsp3) is 0.615. The number of carbonyl (C=O) groups is 2. The van der Waals surface area contributed by atoms with Gasteiger partial charge in [0.2, 0.25) is 0 Å². The standard InChI is InChI=1S/C13H18N2O6/c1-9-6-11(14-21-9)20-7-12(16)15-4-2-10(3-5-15)19-8-13(17)18/h6,10H,2-5,7-8H2,1H3,(H,17,18). The van der Waals surface area contributed by atoms with Gasteiger partial charge >= 0.3 is 5.97 Å². The van der Waals surface area contributed by atoms with Crippen molar-refractivity contribution in [1.82, 2.24) is 10.1 Å². The van der Waals surface area contributed by atoms with Crippen molar-refractivity contribution in [3.8, 4) is 5.88 Å². The van der Waals surface area contributed by atoms with Gasteiger partial charge < -0.3 is 24.0 Å². The largest absolute Gasteiger partial charge is 0.480 e. The molecule has 0 bridgehead atoms. The Bertz CT molecular complexity index is 493. The zero-order chi connectivity index (χ0) is 15.2. The van der Waals surface area contributed by atoms with Gasteiger partial charge in [-0.3, -0.25) is 4.79 Å². The molecule has 1 N–H and O–H groups in total. The normalized spacial score (nSPS) is 16.0. The van der Waals surface area contributed by atoms with E-state index >= 15 is 0 Å². The first-order chi connectivity index (χ1) is 10.0. The molecule has 0 atom stereocenters. The monoisotopic (exact) mass is 298 g/mol. The van der Waals surface area contributed by atoms with E-state index in [0.717, 1.165) is 0 Å². The molecule has 8 nitrogen and oxygen atoms in total. The first-order valence-electron chi connectivity index (χ1n) is 6.72. The number of ether oxygens (including phenoxy) is 2. The molecule has 21 heavy (non-hydrogen) atoms. The Morgan fingerprint density at radius 2 is 2.14 bits per heavy atom. The zero-order valence-electron chi connectivity index (χ0n) is 11.8. The highest BCUT2D eigenvalue weighted by atomic mass is 16.5. The van der Waals surface area contributed by atoms with Crippen molar-refractivity contribution in [2.75, 3.05) is 26.3 Å². The van der Waals surface area contributed by atoms with Crippen LogP contribution in [-0.4, -0.2) is 59.4 Å². The molecular weight excluding hydrogens is 280 g/mol. The van der Waals surface area contributed by atoms with Gasteiger partial charge in [-0.15, -0.1) is 0 Å². The second kappa shape index (κ2) is 7.07. The van der Waals surface area contributed by atoms with Crippen LogP contribution in [0.2, 0.25) is 0 Å². The van der Waals surface area contributed by atoms with E-state index in [4.69, 9.17) is 19.1 Å². The highest BCUT2D eigenvalue weighted by molar-refractivity contribution is 5.77. The molecule has 1 fully saturated rings. The smallest absolute Gasteiger partial charge is 0.329 e. The molecule has 0 unspecified atom stereocenters. The highest BCUT2D eigenvalue weighted by Crippen LogP contribution is 2.15. The van der Waals surface area contributed by atoms with E-state index in [-0.39, 0.29) is 25.2 Å². The maximum Gasteiger partial charge on any atom is 0.329 e. The van der Waals surface area contributed by atoms with E-state index in [2.05, 4.69) is 5.16 Å². The van der Waals surface area contributed by atoms with Crippen molar-refractivity contribution in [3.63, 3.8) is 0 Å². The van der Waals surface area contributed by atoms with E-state index in [9.17, 15) is 9.59 Å². The van der Waals surface area contributed by atoms with Crippen LogP contribution in [0.15, 0.2) is 10.6 Å². The van der Waals surface area contributed by atoms with E-state index < -0.39 is 5.97 Å². The Labute approximate surface area is 121 Å². The van der Waals surface area contributed by atoms with Gasteiger partial charge in [0, 0.05) is 19.2 Å². The van der Waals surface area contributed by atoms with Gasteiger partial charge in [0.05, 0.1) is 6.10 Å². The van der Waals surface area contributed by atoms with Crippen LogP contribution in [-0.2, 0) is 14.3 Å². The quantitative estimate of drug-likeness (QED) is 0.813. The first kappa shape index (κ1) is 15.3. The molecule has 1 aromatic rings. The number of nitrogens with zero attached hydrogens (tertiary/aromatic N) is 2. The lowest BCUT2D eigenvalue weighted by Crippen LogP contribution is -2.43. The van der Waals surface area contributed by atoms with Crippen LogP contribution in [0, 0.1) is 6.92 Å². The third kappa shape index (κ3) is 4.75. The second-order valence-corrected chi connectivity index (χ2v) is 4.85. The Balaban J connectivity index is 1.69. The molecule has 1 aromatic heterocycles. The summed E-state index contributed by atoms with van der Waals surface area (Å²) in [5, 5.41) is 12.2. The second-order valence-electron chi connectivity index (χ2n) is 4.85. The lowest BCUT2D eigenvalue weighted by atomic mass is 10.1. The summed E-state index contributed by atoms with van der Waals surface area (Å²) in [6, 6.07) is 1.61. The summed E-state index contributed by atoms with van der Waals surface area (Å²) in [5.41, 5.74) is 0. The molecule has 116 valence electrons. The summed E-state index contributed by atoms with van der Waals surface area (Å²) in [6.45, 7) is 2.41. The molecule has 8 heteroatoms. The minimum atomic E-state index is -0.982. The molecule has 1 aliphatic rings. The first-order valence-corrected chi connectivity index (χ1v) is 6.72.